The first kappa shape index (κ1) is 13.8. The van der Waals surface area contributed by atoms with Crippen molar-refractivity contribution in [1.29, 1.82) is 0 Å². The number of benzene rings is 2. The summed E-state index contributed by atoms with van der Waals surface area (Å²) in [4.78, 5) is 13.2. The van der Waals surface area contributed by atoms with Crippen LogP contribution in [0.3, 0.4) is 0 Å². The number of rotatable bonds is 3. The fourth-order valence-corrected chi connectivity index (χ4v) is 3.45. The predicted octanol–water partition coefficient (Wildman–Crippen LogP) is 3.95. The van der Waals surface area contributed by atoms with Crippen LogP contribution in [0.5, 0.6) is 0 Å². The van der Waals surface area contributed by atoms with Gasteiger partial charge >= 0.3 is 0 Å². The van der Waals surface area contributed by atoms with Gasteiger partial charge in [-0.15, -0.1) is 11.3 Å². The smallest absolute Gasteiger partial charge is 0.266 e. The third-order valence-corrected chi connectivity index (χ3v) is 4.76. The fourth-order valence-electron chi connectivity index (χ4n) is 2.35. The van der Waals surface area contributed by atoms with Gasteiger partial charge in [0, 0.05) is 16.0 Å². The van der Waals surface area contributed by atoms with Crippen LogP contribution in [-0.4, -0.2) is 11.0 Å². The Bertz CT molecular complexity index is 807. The molecule has 3 aromatic rings. The Morgan fingerprint density at radius 3 is 2.62 bits per heavy atom. The molecule has 1 aromatic heterocycles. The van der Waals surface area contributed by atoms with Gasteiger partial charge in [0.1, 0.15) is 0 Å². The van der Waals surface area contributed by atoms with E-state index in [9.17, 15) is 9.90 Å². The average Bonchev–Trinajstić information content (AvgIpc) is 2.85. The van der Waals surface area contributed by atoms with Gasteiger partial charge in [0.25, 0.3) is 5.91 Å². The molecule has 1 amide bonds. The number of nitrogens with one attached hydrogen (secondary N) is 1. The SMILES string of the molecule is Cc1c(C(=O)Nc2ccccc2CO)sc2ccccc12. The highest BCUT2D eigenvalue weighted by atomic mass is 32.1. The van der Waals surface area contributed by atoms with Gasteiger partial charge < -0.3 is 10.4 Å². The summed E-state index contributed by atoms with van der Waals surface area (Å²) in [6, 6.07) is 15.3. The molecule has 2 aromatic carbocycles. The normalized spacial score (nSPS) is 10.8. The zero-order chi connectivity index (χ0) is 14.8. The molecule has 0 aliphatic heterocycles. The maximum absolute atomic E-state index is 12.5. The standard InChI is InChI=1S/C17H15NO2S/c1-11-13-7-3-5-9-15(13)21-16(11)17(20)18-14-8-4-2-6-12(14)10-19/h2-9,19H,10H2,1H3,(H,18,20). The highest BCUT2D eigenvalue weighted by Gasteiger charge is 2.16. The monoisotopic (exact) mass is 297 g/mol. The third-order valence-electron chi connectivity index (χ3n) is 3.49. The third kappa shape index (κ3) is 2.55. The quantitative estimate of drug-likeness (QED) is 0.769. The molecular formula is C17H15NO2S. The van der Waals surface area contributed by atoms with Crippen LogP contribution in [-0.2, 0) is 6.61 Å². The molecule has 0 unspecified atom stereocenters. The van der Waals surface area contributed by atoms with Crippen LogP contribution in [0.15, 0.2) is 48.5 Å². The van der Waals surface area contributed by atoms with Crippen molar-refractivity contribution in [3.05, 3.63) is 64.5 Å². The van der Waals surface area contributed by atoms with E-state index in [0.29, 0.717) is 16.1 Å². The van der Waals surface area contributed by atoms with E-state index in [0.717, 1.165) is 15.6 Å². The summed E-state index contributed by atoms with van der Waals surface area (Å²) in [7, 11) is 0. The average molecular weight is 297 g/mol. The highest BCUT2D eigenvalue weighted by molar-refractivity contribution is 7.21. The van der Waals surface area contributed by atoms with Crippen molar-refractivity contribution in [2.75, 3.05) is 5.32 Å². The Labute approximate surface area is 126 Å². The second kappa shape index (κ2) is 5.68. The number of carbonyl (C=O) groups is 1. The minimum Gasteiger partial charge on any atom is -0.392 e. The molecule has 2 N–H and O–H groups in total. The van der Waals surface area contributed by atoms with Crippen molar-refractivity contribution in [2.45, 2.75) is 13.5 Å². The topological polar surface area (TPSA) is 49.3 Å². The summed E-state index contributed by atoms with van der Waals surface area (Å²) < 4.78 is 1.11. The summed E-state index contributed by atoms with van der Waals surface area (Å²) >= 11 is 1.49. The van der Waals surface area contributed by atoms with E-state index in [2.05, 4.69) is 5.32 Å². The van der Waals surface area contributed by atoms with Gasteiger partial charge in [0.2, 0.25) is 0 Å². The van der Waals surface area contributed by atoms with Crippen LogP contribution >= 0.6 is 11.3 Å². The van der Waals surface area contributed by atoms with Crippen molar-refractivity contribution < 1.29 is 9.90 Å². The van der Waals surface area contributed by atoms with Gasteiger partial charge in [-0.05, 0) is 30.0 Å². The van der Waals surface area contributed by atoms with E-state index in [1.54, 1.807) is 12.1 Å². The minimum atomic E-state index is -0.130. The number of carbonyl (C=O) groups excluding carboxylic acids is 1. The second-order valence-corrected chi connectivity index (χ2v) is 5.87. The molecule has 21 heavy (non-hydrogen) atoms. The van der Waals surface area contributed by atoms with Crippen molar-refractivity contribution in [3.63, 3.8) is 0 Å². The number of anilines is 1. The molecule has 0 bridgehead atoms. The van der Waals surface area contributed by atoms with Crippen molar-refractivity contribution in [2.24, 2.45) is 0 Å². The van der Waals surface area contributed by atoms with Gasteiger partial charge in [0.05, 0.1) is 11.5 Å². The maximum Gasteiger partial charge on any atom is 0.266 e. The Balaban J connectivity index is 1.96. The van der Waals surface area contributed by atoms with Crippen molar-refractivity contribution >= 4 is 33.0 Å². The lowest BCUT2D eigenvalue weighted by Crippen LogP contribution is -2.12. The molecule has 3 rings (SSSR count). The number of thiophene rings is 1. The van der Waals surface area contributed by atoms with Crippen LogP contribution in [0.2, 0.25) is 0 Å². The number of fused-ring (bicyclic) bond motifs is 1. The Hall–Kier alpha value is -2.17. The predicted molar refractivity (Wildman–Crippen MR) is 86.9 cm³/mol. The molecule has 0 fully saturated rings. The van der Waals surface area contributed by atoms with Gasteiger partial charge in [0.15, 0.2) is 0 Å². The number of aliphatic hydroxyl groups is 1. The number of para-hydroxylation sites is 1. The Morgan fingerprint density at radius 1 is 1.14 bits per heavy atom. The Kier molecular flexibility index (Phi) is 3.73. The van der Waals surface area contributed by atoms with Crippen LogP contribution < -0.4 is 5.32 Å². The molecule has 0 saturated heterocycles. The molecule has 0 saturated carbocycles. The van der Waals surface area contributed by atoms with E-state index in [1.165, 1.54) is 11.3 Å². The number of aliphatic hydroxyl groups excluding tert-OH is 1. The summed E-state index contributed by atoms with van der Waals surface area (Å²) in [5, 5.41) is 13.3. The zero-order valence-electron chi connectivity index (χ0n) is 11.6. The number of hydrogen-bond donors (Lipinski definition) is 2. The fraction of sp³-hybridized carbons (Fsp3) is 0.118. The summed E-state index contributed by atoms with van der Waals surface area (Å²) in [5.74, 6) is -0.130. The first-order chi connectivity index (χ1) is 10.2. The molecule has 0 aliphatic carbocycles. The first-order valence-corrected chi connectivity index (χ1v) is 7.50. The van der Waals surface area contributed by atoms with Crippen molar-refractivity contribution in [3.8, 4) is 0 Å². The number of aryl methyl sites for hydroxylation is 1. The molecule has 4 heteroatoms. The van der Waals surface area contributed by atoms with Crippen LogP contribution in [0, 0.1) is 6.92 Å². The number of amides is 1. The maximum atomic E-state index is 12.5. The van der Waals surface area contributed by atoms with E-state index in [-0.39, 0.29) is 12.5 Å². The van der Waals surface area contributed by atoms with Crippen LogP contribution in [0.1, 0.15) is 20.8 Å². The van der Waals surface area contributed by atoms with E-state index in [1.807, 2.05) is 43.3 Å². The summed E-state index contributed by atoms with van der Waals surface area (Å²) in [6.45, 7) is 1.87. The minimum absolute atomic E-state index is 0.0954. The molecule has 0 atom stereocenters. The van der Waals surface area contributed by atoms with E-state index >= 15 is 0 Å². The Morgan fingerprint density at radius 2 is 1.86 bits per heavy atom. The molecule has 1 heterocycles. The van der Waals surface area contributed by atoms with E-state index in [4.69, 9.17) is 0 Å². The zero-order valence-corrected chi connectivity index (χ0v) is 12.4. The van der Waals surface area contributed by atoms with Crippen LogP contribution in [0.25, 0.3) is 10.1 Å². The molecular weight excluding hydrogens is 282 g/mol. The lowest BCUT2D eigenvalue weighted by Gasteiger charge is -2.08. The lowest BCUT2D eigenvalue weighted by molar-refractivity contribution is 0.103. The molecule has 0 radical (unpaired) electrons. The lowest BCUT2D eigenvalue weighted by atomic mass is 10.1. The molecule has 0 spiro atoms. The number of hydrogen-bond acceptors (Lipinski definition) is 3. The largest absolute Gasteiger partial charge is 0.392 e. The summed E-state index contributed by atoms with van der Waals surface area (Å²) in [6.07, 6.45) is 0. The van der Waals surface area contributed by atoms with Gasteiger partial charge in [-0.3, -0.25) is 4.79 Å². The molecule has 106 valence electrons. The highest BCUT2D eigenvalue weighted by Crippen LogP contribution is 2.31. The van der Waals surface area contributed by atoms with E-state index < -0.39 is 0 Å². The van der Waals surface area contributed by atoms with Gasteiger partial charge in [-0.1, -0.05) is 36.4 Å². The molecule has 0 aliphatic rings. The summed E-state index contributed by atoms with van der Waals surface area (Å²) in [5.41, 5.74) is 2.36. The van der Waals surface area contributed by atoms with Crippen molar-refractivity contribution in [1.82, 2.24) is 0 Å². The molecule has 3 nitrogen and oxygen atoms in total. The van der Waals surface area contributed by atoms with Gasteiger partial charge in [-0.25, -0.2) is 0 Å². The second-order valence-electron chi connectivity index (χ2n) is 4.82. The van der Waals surface area contributed by atoms with Crippen LogP contribution in [0.4, 0.5) is 5.69 Å². The van der Waals surface area contributed by atoms with Gasteiger partial charge in [-0.2, -0.15) is 0 Å². The first-order valence-electron chi connectivity index (χ1n) is 6.69.